The average molecular weight is 562 g/mol. The Morgan fingerprint density at radius 2 is 1.43 bits per heavy atom. The Morgan fingerprint density at radius 3 is 1.95 bits per heavy atom. The maximum Gasteiger partial charge on any atom is 0.573 e. The zero-order valence-corrected chi connectivity index (χ0v) is 22.5. The monoisotopic (exact) mass is 561 g/mol. The molecule has 0 aliphatic heterocycles. The number of nitrogens with zero attached hydrogens (tertiary/aromatic N) is 1. The molecule has 13 heteroatoms. The van der Waals surface area contributed by atoms with Gasteiger partial charge in [0.15, 0.2) is 17.2 Å². The van der Waals surface area contributed by atoms with E-state index in [-0.39, 0.29) is 41.6 Å². The van der Waals surface area contributed by atoms with Gasteiger partial charge in [-0.15, -0.1) is 13.2 Å². The third-order valence-corrected chi connectivity index (χ3v) is 5.86. The second-order valence-electron chi connectivity index (χ2n) is 7.77. The summed E-state index contributed by atoms with van der Waals surface area (Å²) < 4.78 is 65.0. The molecule has 202 valence electrons. The van der Waals surface area contributed by atoms with E-state index in [1.165, 1.54) is 12.1 Å². The van der Waals surface area contributed by atoms with Gasteiger partial charge in [0, 0.05) is 28.6 Å². The van der Waals surface area contributed by atoms with Crippen LogP contribution in [-0.4, -0.2) is 34.3 Å². The number of hydrogen-bond acceptors (Lipinski definition) is 7. The third-order valence-electron chi connectivity index (χ3n) is 5.21. The smallest absolute Gasteiger partial charge is 0.491 e. The minimum absolute atomic E-state index is 0.0679. The first kappa shape index (κ1) is 28.8. The highest BCUT2D eigenvalue weighted by atomic mass is 32.5. The summed E-state index contributed by atoms with van der Waals surface area (Å²) >= 11 is 4.76. The SMILES string of the molecule is CCOc1c(C)c(Oc2ccc(OC(F)(F)F)cc2)c(OCC)c2c(OP(O)(O)=S)c(C)c(CC)nc12. The highest BCUT2D eigenvalue weighted by Gasteiger charge is 2.31. The van der Waals surface area contributed by atoms with Crippen LogP contribution in [0.25, 0.3) is 10.9 Å². The van der Waals surface area contributed by atoms with Crippen molar-refractivity contribution in [2.75, 3.05) is 13.2 Å². The highest BCUT2D eigenvalue weighted by molar-refractivity contribution is 8.06. The van der Waals surface area contributed by atoms with Gasteiger partial charge in [-0.2, -0.15) is 0 Å². The van der Waals surface area contributed by atoms with Crippen LogP contribution < -0.4 is 23.5 Å². The van der Waals surface area contributed by atoms with Crippen molar-refractivity contribution in [3.63, 3.8) is 0 Å². The van der Waals surface area contributed by atoms with Crippen LogP contribution in [0.5, 0.6) is 34.5 Å². The topological polar surface area (TPSA) is 99.5 Å². The van der Waals surface area contributed by atoms with Crippen LogP contribution in [0.4, 0.5) is 13.2 Å². The third kappa shape index (κ3) is 6.75. The summed E-state index contributed by atoms with van der Waals surface area (Å²) in [6.07, 6.45) is -4.32. The molecule has 3 rings (SSSR count). The molecule has 2 N–H and O–H groups in total. The van der Waals surface area contributed by atoms with Gasteiger partial charge in [-0.25, -0.2) is 4.98 Å². The lowest BCUT2D eigenvalue weighted by Gasteiger charge is -2.24. The molecule has 0 radical (unpaired) electrons. The van der Waals surface area contributed by atoms with Crippen LogP contribution in [0.3, 0.4) is 0 Å². The lowest BCUT2D eigenvalue weighted by atomic mass is 10.0. The van der Waals surface area contributed by atoms with Crippen molar-refractivity contribution in [2.24, 2.45) is 0 Å². The summed E-state index contributed by atoms with van der Waals surface area (Å²) in [5, 5.41) is 0.259. The van der Waals surface area contributed by atoms with Crippen LogP contribution in [0, 0.1) is 13.8 Å². The number of pyridine rings is 1. The minimum Gasteiger partial charge on any atom is -0.491 e. The zero-order chi connectivity index (χ0) is 27.5. The van der Waals surface area contributed by atoms with E-state index in [1.807, 2.05) is 6.92 Å². The first-order valence-corrected chi connectivity index (χ1v) is 14.0. The number of hydrogen-bond donors (Lipinski definition) is 2. The summed E-state index contributed by atoms with van der Waals surface area (Å²) in [4.78, 5) is 24.8. The van der Waals surface area contributed by atoms with Gasteiger partial charge < -0.3 is 33.3 Å². The largest absolute Gasteiger partial charge is 0.573 e. The minimum atomic E-state index is -4.83. The molecule has 0 unspecified atom stereocenters. The molecule has 0 amide bonds. The van der Waals surface area contributed by atoms with E-state index >= 15 is 0 Å². The quantitative estimate of drug-likeness (QED) is 0.269. The van der Waals surface area contributed by atoms with E-state index in [0.717, 1.165) is 12.1 Å². The summed E-state index contributed by atoms with van der Waals surface area (Å²) in [7, 11) is 0. The summed E-state index contributed by atoms with van der Waals surface area (Å²) in [6, 6.07) is 4.85. The normalized spacial score (nSPS) is 11.9. The number of benzene rings is 2. The first-order chi connectivity index (χ1) is 17.3. The molecule has 0 saturated heterocycles. The van der Waals surface area contributed by atoms with E-state index in [0.29, 0.717) is 34.5 Å². The van der Waals surface area contributed by atoms with E-state index in [1.54, 1.807) is 27.7 Å². The molecule has 0 saturated carbocycles. The van der Waals surface area contributed by atoms with Crippen LogP contribution in [0.1, 0.15) is 37.6 Å². The Bertz CT molecular complexity index is 1330. The number of aromatic nitrogens is 1. The first-order valence-electron chi connectivity index (χ1n) is 11.3. The second kappa shape index (κ2) is 11.3. The molecule has 2 aromatic carbocycles. The highest BCUT2D eigenvalue weighted by Crippen LogP contribution is 2.53. The van der Waals surface area contributed by atoms with Crippen molar-refractivity contribution < 1.29 is 46.4 Å². The van der Waals surface area contributed by atoms with Crippen LogP contribution >= 0.6 is 6.72 Å². The summed E-state index contributed by atoms with van der Waals surface area (Å²) in [5.41, 5.74) is 2.01. The molecule has 0 atom stereocenters. The molecule has 1 aromatic heterocycles. The number of aryl methyl sites for hydroxylation is 1. The molecule has 0 fully saturated rings. The summed E-state index contributed by atoms with van der Waals surface area (Å²) in [6.45, 7) is 5.15. The Balaban J connectivity index is 2.32. The predicted molar refractivity (Wildman–Crippen MR) is 135 cm³/mol. The molecule has 8 nitrogen and oxygen atoms in total. The maximum atomic E-state index is 12.5. The molecule has 37 heavy (non-hydrogen) atoms. The van der Waals surface area contributed by atoms with Crippen molar-refractivity contribution in [1.82, 2.24) is 4.98 Å². The predicted octanol–water partition coefficient (Wildman–Crippen LogP) is 6.49. The van der Waals surface area contributed by atoms with Gasteiger partial charge in [0.2, 0.25) is 0 Å². The number of fused-ring (bicyclic) bond motifs is 1. The molecule has 0 bridgehead atoms. The van der Waals surface area contributed by atoms with Gasteiger partial charge in [0.05, 0.1) is 18.6 Å². The summed E-state index contributed by atoms with van der Waals surface area (Å²) in [5.74, 6) is 0.545. The Kier molecular flexibility index (Phi) is 8.79. The number of halogens is 3. The standard InChI is InChI=1S/C24H27F3NO7PS/c1-6-17-13(4)20(35-36(29,30)37)18-19(28-17)21(31-7-2)14(5)22(23(18)32-8-3)33-15-9-11-16(12-10-15)34-24(25,26)27/h9-12H,6-8H2,1-5H3,(H2,29,30,37). The van der Waals surface area contributed by atoms with Crippen LogP contribution in [-0.2, 0) is 18.2 Å². The molecular weight excluding hydrogens is 534 g/mol. The Labute approximate surface area is 217 Å². The molecule has 3 aromatic rings. The zero-order valence-electron chi connectivity index (χ0n) is 20.8. The van der Waals surface area contributed by atoms with Crippen LogP contribution in [0.15, 0.2) is 24.3 Å². The lowest BCUT2D eigenvalue weighted by molar-refractivity contribution is -0.274. The Morgan fingerprint density at radius 1 is 0.865 bits per heavy atom. The molecule has 1 heterocycles. The number of rotatable bonds is 10. The van der Waals surface area contributed by atoms with E-state index in [4.69, 9.17) is 35.5 Å². The lowest BCUT2D eigenvalue weighted by Crippen LogP contribution is -2.16. The fourth-order valence-corrected chi connectivity index (χ4v) is 4.46. The van der Waals surface area contributed by atoms with Crippen molar-refractivity contribution >= 4 is 29.4 Å². The van der Waals surface area contributed by atoms with Gasteiger partial charge in [-0.1, -0.05) is 6.92 Å². The number of ether oxygens (including phenoxy) is 4. The molecular formula is C24H27F3NO7PS. The fraction of sp³-hybridized carbons (Fsp3) is 0.375. The van der Waals surface area contributed by atoms with Crippen molar-refractivity contribution in [1.29, 1.82) is 0 Å². The van der Waals surface area contributed by atoms with Gasteiger partial charge in [-0.05, 0) is 58.4 Å². The van der Waals surface area contributed by atoms with Crippen LogP contribution in [0.2, 0.25) is 0 Å². The fourth-order valence-electron chi connectivity index (χ4n) is 3.77. The van der Waals surface area contributed by atoms with Gasteiger partial charge in [0.1, 0.15) is 22.8 Å². The molecule has 0 aliphatic carbocycles. The van der Waals surface area contributed by atoms with E-state index in [9.17, 15) is 23.0 Å². The molecule has 0 aliphatic rings. The maximum absolute atomic E-state index is 12.5. The van der Waals surface area contributed by atoms with E-state index in [2.05, 4.69) is 4.74 Å². The number of alkyl halides is 3. The van der Waals surface area contributed by atoms with Gasteiger partial charge >= 0.3 is 13.1 Å². The van der Waals surface area contributed by atoms with Crippen molar-refractivity contribution in [3.8, 4) is 34.5 Å². The van der Waals surface area contributed by atoms with Gasteiger partial charge in [0.25, 0.3) is 0 Å². The average Bonchev–Trinajstić information content (AvgIpc) is 2.79. The second-order valence-corrected chi connectivity index (χ2v) is 10.4. The Hall–Kier alpha value is -2.79. The van der Waals surface area contributed by atoms with Crippen molar-refractivity contribution in [3.05, 3.63) is 41.1 Å². The molecule has 0 spiro atoms. The van der Waals surface area contributed by atoms with Gasteiger partial charge in [-0.3, -0.25) is 0 Å². The van der Waals surface area contributed by atoms with E-state index < -0.39 is 18.8 Å². The van der Waals surface area contributed by atoms with Crippen molar-refractivity contribution in [2.45, 2.75) is 47.4 Å².